The van der Waals surface area contributed by atoms with Gasteiger partial charge in [-0.25, -0.2) is 9.59 Å². The second kappa shape index (κ2) is 8.87. The van der Waals surface area contributed by atoms with Crippen molar-refractivity contribution in [3.05, 3.63) is 57.8 Å². The van der Waals surface area contributed by atoms with Crippen LogP contribution in [0.5, 0.6) is 0 Å². The lowest BCUT2D eigenvalue weighted by Gasteiger charge is -2.32. The molecule has 1 aromatic carbocycles. The molecule has 2 N–H and O–H groups in total. The van der Waals surface area contributed by atoms with E-state index in [0.717, 1.165) is 25.9 Å². The number of benzene rings is 1. The van der Waals surface area contributed by atoms with Gasteiger partial charge in [-0.2, -0.15) is 0 Å². The van der Waals surface area contributed by atoms with E-state index in [1.807, 2.05) is 6.07 Å². The van der Waals surface area contributed by atoms with Gasteiger partial charge in [0, 0.05) is 6.54 Å². The average molecular weight is 366 g/mol. The maximum atomic E-state index is 11.9. The van der Waals surface area contributed by atoms with Crippen LogP contribution in [-0.2, 0) is 11.3 Å². The summed E-state index contributed by atoms with van der Waals surface area (Å²) in [7, 11) is 0. The first kappa shape index (κ1) is 19.3. The van der Waals surface area contributed by atoms with Crippen LogP contribution in [0.3, 0.4) is 0 Å². The summed E-state index contributed by atoms with van der Waals surface area (Å²) in [6.07, 6.45) is 2.15. The molecular formula is C18H24ClN3O3. The van der Waals surface area contributed by atoms with Crippen molar-refractivity contribution in [3.8, 4) is 0 Å². The van der Waals surface area contributed by atoms with Gasteiger partial charge < -0.3 is 9.72 Å². The average Bonchev–Trinajstić information content (AvgIpc) is 2.97. The number of likely N-dealkylation sites (tertiary alicyclic amines) is 1. The van der Waals surface area contributed by atoms with E-state index in [0.29, 0.717) is 18.2 Å². The van der Waals surface area contributed by atoms with E-state index in [4.69, 9.17) is 4.74 Å². The number of rotatable bonds is 5. The largest absolute Gasteiger partial charge is 0.461 e. The van der Waals surface area contributed by atoms with Gasteiger partial charge in [0.2, 0.25) is 0 Å². The van der Waals surface area contributed by atoms with Gasteiger partial charge in [-0.3, -0.25) is 9.88 Å². The number of esters is 1. The van der Waals surface area contributed by atoms with Gasteiger partial charge in [0.25, 0.3) is 0 Å². The summed E-state index contributed by atoms with van der Waals surface area (Å²) in [5, 5.41) is 0. The lowest BCUT2D eigenvalue weighted by atomic mass is 9.89. The second-order valence-electron chi connectivity index (χ2n) is 6.11. The molecule has 1 fully saturated rings. The summed E-state index contributed by atoms with van der Waals surface area (Å²) in [6, 6.07) is 10.6. The number of aromatic nitrogens is 2. The number of halogens is 1. The monoisotopic (exact) mass is 365 g/mol. The highest BCUT2D eigenvalue weighted by atomic mass is 35.5. The van der Waals surface area contributed by atoms with E-state index in [9.17, 15) is 9.59 Å². The molecule has 1 aliphatic rings. The highest BCUT2D eigenvalue weighted by Gasteiger charge is 2.23. The Bertz CT molecular complexity index is 734. The molecule has 1 aromatic heterocycles. The van der Waals surface area contributed by atoms with Crippen LogP contribution < -0.4 is 5.69 Å². The summed E-state index contributed by atoms with van der Waals surface area (Å²) in [4.78, 5) is 31.0. The van der Waals surface area contributed by atoms with E-state index < -0.39 is 5.97 Å². The molecule has 0 bridgehead atoms. The molecule has 7 heteroatoms. The third-order valence-corrected chi connectivity index (χ3v) is 4.52. The van der Waals surface area contributed by atoms with Crippen LogP contribution in [0.1, 0.15) is 47.4 Å². The first-order chi connectivity index (χ1) is 11.7. The number of imidazole rings is 1. The number of hydrogen-bond acceptors (Lipinski definition) is 4. The third kappa shape index (κ3) is 4.74. The third-order valence-electron chi connectivity index (χ3n) is 4.52. The lowest BCUT2D eigenvalue weighted by Crippen LogP contribution is -2.33. The zero-order valence-corrected chi connectivity index (χ0v) is 15.1. The molecule has 6 nitrogen and oxygen atoms in total. The Kier molecular flexibility index (Phi) is 6.84. The number of carbonyl (C=O) groups excluding carboxylic acids is 1. The van der Waals surface area contributed by atoms with Gasteiger partial charge >= 0.3 is 11.7 Å². The number of hydrogen-bond donors (Lipinski definition) is 2. The Morgan fingerprint density at radius 2 is 1.88 bits per heavy atom. The maximum Gasteiger partial charge on any atom is 0.356 e. The summed E-state index contributed by atoms with van der Waals surface area (Å²) >= 11 is 0. The molecule has 0 amide bonds. The fraction of sp³-hybridized carbons (Fsp3) is 0.444. The normalized spacial score (nSPS) is 15.6. The van der Waals surface area contributed by atoms with Crippen LogP contribution in [0.15, 0.2) is 35.1 Å². The molecule has 136 valence electrons. The highest BCUT2D eigenvalue weighted by Crippen LogP contribution is 2.28. The highest BCUT2D eigenvalue weighted by molar-refractivity contribution is 5.88. The van der Waals surface area contributed by atoms with Gasteiger partial charge in [-0.05, 0) is 44.3 Å². The Morgan fingerprint density at radius 1 is 1.20 bits per heavy atom. The van der Waals surface area contributed by atoms with E-state index in [1.165, 1.54) is 5.56 Å². The second-order valence-corrected chi connectivity index (χ2v) is 6.11. The van der Waals surface area contributed by atoms with Crippen molar-refractivity contribution >= 4 is 18.4 Å². The molecule has 25 heavy (non-hydrogen) atoms. The lowest BCUT2D eigenvalue weighted by molar-refractivity contribution is 0.0517. The van der Waals surface area contributed by atoms with Gasteiger partial charge in [-0.15, -0.1) is 12.4 Å². The number of H-pyrrole nitrogens is 2. The molecule has 0 spiro atoms. The Hall–Kier alpha value is -2.05. The Balaban J connectivity index is 0.00000225. The first-order valence-corrected chi connectivity index (χ1v) is 8.43. The van der Waals surface area contributed by atoms with Crippen molar-refractivity contribution in [2.24, 2.45) is 0 Å². The summed E-state index contributed by atoms with van der Waals surface area (Å²) in [6.45, 7) is 4.46. The number of aromatic amines is 2. The molecule has 0 aliphatic carbocycles. The summed E-state index contributed by atoms with van der Waals surface area (Å²) < 4.78 is 5.00. The summed E-state index contributed by atoms with van der Waals surface area (Å²) in [5.74, 6) is 0.0993. The zero-order valence-electron chi connectivity index (χ0n) is 14.3. The molecule has 1 aliphatic heterocycles. The van der Waals surface area contributed by atoms with Crippen LogP contribution >= 0.6 is 12.4 Å². The number of nitrogens with one attached hydrogen (secondary N) is 2. The van der Waals surface area contributed by atoms with Crippen LogP contribution in [0, 0.1) is 0 Å². The predicted molar refractivity (Wildman–Crippen MR) is 98.3 cm³/mol. The molecule has 2 heterocycles. The number of nitrogens with zero attached hydrogens (tertiary/aromatic N) is 1. The Labute approximate surface area is 153 Å². The number of piperidine rings is 1. The maximum absolute atomic E-state index is 11.9. The molecule has 0 saturated carbocycles. The molecular weight excluding hydrogens is 342 g/mol. The smallest absolute Gasteiger partial charge is 0.356 e. The number of ether oxygens (including phenoxy) is 1. The van der Waals surface area contributed by atoms with Crippen LogP contribution in [0.2, 0.25) is 0 Å². The quantitative estimate of drug-likeness (QED) is 0.798. The topological polar surface area (TPSA) is 78.2 Å². The van der Waals surface area contributed by atoms with Gasteiger partial charge in [0.1, 0.15) is 5.69 Å². The van der Waals surface area contributed by atoms with E-state index >= 15 is 0 Å². The van der Waals surface area contributed by atoms with Crippen molar-refractivity contribution < 1.29 is 9.53 Å². The van der Waals surface area contributed by atoms with Gasteiger partial charge in [-0.1, -0.05) is 30.3 Å². The van der Waals surface area contributed by atoms with Gasteiger partial charge in [0.15, 0.2) is 0 Å². The standard InChI is InChI=1S/C18H23N3O3.ClH/c1-2-24-17(22)16-15(19-18(23)20-16)12-21-10-8-14(9-11-21)13-6-4-3-5-7-13;/h3-7,14H,2,8-12H2,1H3,(H2,19,20,23);1H. The zero-order chi connectivity index (χ0) is 16.9. The minimum absolute atomic E-state index is 0. The van der Waals surface area contributed by atoms with E-state index in [2.05, 4.69) is 39.1 Å². The fourth-order valence-electron chi connectivity index (χ4n) is 3.29. The van der Waals surface area contributed by atoms with Crippen molar-refractivity contribution in [2.45, 2.75) is 32.2 Å². The number of carbonyl (C=O) groups is 1. The minimum atomic E-state index is -0.481. The van der Waals surface area contributed by atoms with E-state index in [-0.39, 0.29) is 30.4 Å². The molecule has 3 rings (SSSR count). The molecule has 0 atom stereocenters. The molecule has 0 radical (unpaired) electrons. The van der Waals surface area contributed by atoms with Gasteiger partial charge in [0.05, 0.1) is 12.3 Å². The predicted octanol–water partition coefficient (Wildman–Crippen LogP) is 2.68. The SMILES string of the molecule is CCOC(=O)c1[nH]c(=O)[nH]c1CN1CCC(c2ccccc2)CC1.Cl. The van der Waals surface area contributed by atoms with Crippen molar-refractivity contribution in [1.82, 2.24) is 14.9 Å². The van der Waals surface area contributed by atoms with Crippen LogP contribution in [-0.4, -0.2) is 40.5 Å². The summed E-state index contributed by atoms with van der Waals surface area (Å²) in [5.41, 5.74) is 1.87. The van der Waals surface area contributed by atoms with Crippen molar-refractivity contribution in [2.75, 3.05) is 19.7 Å². The van der Waals surface area contributed by atoms with Crippen LogP contribution in [0.4, 0.5) is 0 Å². The molecule has 2 aromatic rings. The van der Waals surface area contributed by atoms with Crippen LogP contribution in [0.25, 0.3) is 0 Å². The fourth-order valence-corrected chi connectivity index (χ4v) is 3.29. The minimum Gasteiger partial charge on any atom is -0.461 e. The van der Waals surface area contributed by atoms with E-state index in [1.54, 1.807) is 6.92 Å². The Morgan fingerprint density at radius 3 is 2.52 bits per heavy atom. The van der Waals surface area contributed by atoms with Crippen molar-refractivity contribution in [1.29, 1.82) is 0 Å². The first-order valence-electron chi connectivity index (χ1n) is 8.43. The molecule has 1 saturated heterocycles. The molecule has 0 unspecified atom stereocenters. The van der Waals surface area contributed by atoms with Crippen molar-refractivity contribution in [3.63, 3.8) is 0 Å².